The molecule has 0 radical (unpaired) electrons. The Balaban J connectivity index is -0.000000000000799. The van der Waals surface area contributed by atoms with Gasteiger partial charge in [-0.15, -0.1) is 0 Å². The summed E-state index contributed by atoms with van der Waals surface area (Å²) >= 11 is 3.19. The lowest BCUT2D eigenvalue weighted by atomic mass is 11.8. The standard InChI is InChI=1S/2CIN.CH4.445H2/c2*2-1-3;;;;;;;;;;;;;;;;;;;;;;;;;;;;;;;;;;;;;;;;;;;;;;;;;;;;;;;;;;;;;;;;;;;;;;;;;;;;;;;;;;;;;;;;;;;;;;;;;;;;;;;;;;;;;;;;;;;;;;;;;;;;;;;;;;;;;;;;;;;;;;;;;;;;;;;;;;;;;;;;;;;;;;;;;;;;;;;;;;;;;;;;;;;;;;;;;;;;;;;;;;;;;;;;;;;;;;;;;;;;;;;;;;;;;;;;;;;;;;;;;;;;;;;;;;;;;;;;;;;;;;;;;;;;;;;;;;;;;;;;;;;;;;;;;;;;;;;;;;;;;;;;;;;;;;;;;;;;;;;;;;;;;;;;;;;;;;;;;;;;;;;;;;;;;;;;;;;;;;;;;;;;;;;;;;;;;;;;;;;;;;;;;;;;;;;;;;;;;;;;;;;;;;;;;;;;;;;;;;;;;;;;;;;;;;;;;;;;;;;;;;;;;;/h;;1H4;445*1H. The lowest BCUT2D eigenvalue weighted by Crippen LogP contribution is -0.913. The normalized spacial score (nSPS) is 2.29. The molecule has 0 aliphatic carbocycles. The minimum atomic E-state index is 0. The molecule has 2 nitrogen and oxygen atoms in total. The van der Waals surface area contributed by atoms with Crippen LogP contribution < -0.4 is 0 Å². The van der Waals surface area contributed by atoms with Crippen LogP contribution in [0.5, 0.6) is 0 Å². The molecule has 7 heavy (non-hydrogen) atoms. The van der Waals surface area contributed by atoms with Crippen molar-refractivity contribution in [1.82, 2.24) is 0 Å². The minimum absolute atomic E-state index is 0. The quantitative estimate of drug-likeness (QED) is 0.227. The van der Waals surface area contributed by atoms with E-state index in [2.05, 4.69) is 0 Å². The molecule has 0 aromatic heterocycles. The van der Waals surface area contributed by atoms with Crippen LogP contribution in [-0.2, 0) is 0 Å². The fourth-order valence-electron chi connectivity index (χ4n) is 0. The van der Waals surface area contributed by atoms with Crippen molar-refractivity contribution in [1.29, 1.82) is 10.5 Å². The van der Waals surface area contributed by atoms with E-state index in [4.69, 9.17) is 10.5 Å². The lowest BCUT2D eigenvalue weighted by molar-refractivity contribution is 1.58. The van der Waals surface area contributed by atoms with Gasteiger partial charge in [0, 0.05) is 635 Å². The summed E-state index contributed by atoms with van der Waals surface area (Å²) in [5.41, 5.74) is 0. The zero-order chi connectivity index (χ0) is 5.41. The van der Waals surface area contributed by atoms with Gasteiger partial charge in [0.25, 0.3) is 0 Å². The van der Waals surface area contributed by atoms with Gasteiger partial charge in [0.15, 0.2) is 0 Å². The van der Waals surface area contributed by atoms with Crippen LogP contribution in [0, 0.1) is 18.7 Å². The van der Waals surface area contributed by atoms with E-state index in [0.29, 0.717) is 0 Å². The van der Waals surface area contributed by atoms with Crippen molar-refractivity contribution in [2.45, 2.75) is 7.43 Å². The molecule has 0 amide bonds. The number of rotatable bonds is 0. The summed E-state index contributed by atoms with van der Waals surface area (Å²) in [7, 11) is 0. The van der Waals surface area contributed by atoms with Gasteiger partial charge in [0.1, 0.15) is 8.15 Å². The number of hydrogen-bond donors (Lipinski definition) is 0. The Hall–Kier alpha value is 0.440. The van der Waals surface area contributed by atoms with Gasteiger partial charge in [-0.3, -0.25) is 0 Å². The molecule has 0 unspecified atom stereocenters. The van der Waals surface area contributed by atoms with Crippen molar-refractivity contribution in [2.24, 2.45) is 0 Å². The smallest absolute Gasteiger partial charge is 0.134 e. The Morgan fingerprint density at radius 2 is 1.14 bits per heavy atom. The van der Waals surface area contributed by atoms with Gasteiger partial charge >= 0.3 is 0 Å². The highest BCUT2D eigenvalue weighted by atomic mass is 127. The Kier molecular flexibility index (Phi) is 71.6. The maximum absolute atomic E-state index is 7.31. The molecule has 0 N–H and O–H groups in total. The molecule has 0 aromatic rings. The molecule has 0 rings (SSSR count). The van der Waals surface area contributed by atoms with Gasteiger partial charge in [0.05, 0.1) is 45.2 Å². The topological polar surface area (TPSA) is 47.6 Å². The molecule has 0 heterocycles. The molecule has 0 atom stereocenters. The fourth-order valence-corrected chi connectivity index (χ4v) is 0. The van der Waals surface area contributed by atoms with E-state index in [9.17, 15) is 0 Å². The van der Waals surface area contributed by atoms with E-state index in [1.165, 1.54) is 0 Å². The molecule has 0 aliphatic heterocycles. The van der Waals surface area contributed by atoms with E-state index in [-0.39, 0.29) is 642 Å². The zero-order valence-electron chi connectivity index (χ0n) is 2.65. The minimum Gasteiger partial charge on any atom is -0.186 e. The third-order valence-corrected chi connectivity index (χ3v) is 0. The fraction of sp³-hybridized carbons (Fsp3) is 0.333. The first-order chi connectivity index (χ1) is 2.83. The largest absolute Gasteiger partial charge is 0.186 e. The average Bonchev–Trinajstić information content (AvgIpc) is 1.39. The van der Waals surface area contributed by atoms with Crippen LogP contribution in [0.1, 0.15) is 642 Å². The summed E-state index contributed by atoms with van der Waals surface area (Å²) in [4.78, 5) is 0. The number of nitriles is 2. The lowest BCUT2D eigenvalue weighted by Gasteiger charge is -1.10. The van der Waals surface area contributed by atoms with Crippen LogP contribution in [-0.4, -0.2) is 0 Å². The summed E-state index contributed by atoms with van der Waals surface area (Å²) in [6.45, 7) is 0. The Labute approximate surface area is 732 Å². The van der Waals surface area contributed by atoms with E-state index < -0.39 is 0 Å². The van der Waals surface area contributed by atoms with Crippen LogP contribution in [0.4, 0.5) is 0 Å². The Bertz CT molecular complexity index is 118. The van der Waals surface area contributed by atoms with Gasteiger partial charge in [-0.25, -0.2) is 0 Å². The van der Waals surface area contributed by atoms with Crippen molar-refractivity contribution in [3.05, 3.63) is 0 Å². The highest BCUT2D eigenvalue weighted by Gasteiger charge is 1.23. The van der Waals surface area contributed by atoms with Crippen LogP contribution in [0.15, 0.2) is 0 Å². The van der Waals surface area contributed by atoms with Crippen LogP contribution in [0.2, 0.25) is 0 Å². The van der Waals surface area contributed by atoms with Crippen molar-refractivity contribution in [3.8, 4) is 8.15 Å². The summed E-state index contributed by atoms with van der Waals surface area (Å²) in [6, 6.07) is 0. The molecule has 0 aromatic carbocycles. The third-order valence-electron chi connectivity index (χ3n) is 0. The van der Waals surface area contributed by atoms with Crippen LogP contribution in [0.25, 0.3) is 0 Å². The second-order valence-corrected chi connectivity index (χ2v) is 1.13. The van der Waals surface area contributed by atoms with Gasteiger partial charge in [-0.05, 0) is 0 Å². The summed E-state index contributed by atoms with van der Waals surface area (Å²) < 4.78 is 3.44. The van der Waals surface area contributed by atoms with Gasteiger partial charge in [-0.2, -0.15) is 10.5 Å². The summed E-state index contributed by atoms with van der Waals surface area (Å²) in [6.07, 6.45) is 0. The third kappa shape index (κ3) is 656. The number of halogens is 2. The van der Waals surface area contributed by atoms with Crippen molar-refractivity contribution < 1.29 is 635 Å². The Morgan fingerprint density at radius 1 is 1.14 bits per heavy atom. The molecule has 0 saturated carbocycles. The second-order valence-electron chi connectivity index (χ2n) is 0.169. The zero-order valence-corrected chi connectivity index (χ0v) is 6.97. The number of nitrogens with zero attached hydrogens (tertiary/aromatic N) is 2. The van der Waals surface area contributed by atoms with Gasteiger partial charge in [0.2, 0.25) is 0 Å². The first kappa shape index (κ1) is 15.7. The maximum atomic E-state index is 7.31. The highest BCUT2D eigenvalue weighted by molar-refractivity contribution is 14.1. The monoisotopic (exact) mass is 1220 g/mol. The Morgan fingerprint density at radius 3 is 1.14 bits per heavy atom. The molecule has 4 heteroatoms. The first-order valence-electron chi connectivity index (χ1n) is 0.825. The maximum Gasteiger partial charge on any atom is 0.134 e. The molecule has 0 fully saturated rings. The van der Waals surface area contributed by atoms with Crippen molar-refractivity contribution >= 4 is 45.2 Å². The molecule has 0 bridgehead atoms. The van der Waals surface area contributed by atoms with Gasteiger partial charge in [-0.1, -0.05) is 7.43 Å². The predicted molar refractivity (Wildman–Crippen MR) is 987 cm³/mol. The van der Waals surface area contributed by atoms with Crippen LogP contribution in [0.3, 0.4) is 0 Å². The highest BCUT2D eigenvalue weighted by Crippen LogP contribution is 1.61. The molecule has 930 valence electrons. The van der Waals surface area contributed by atoms with E-state index in [0.717, 1.165) is 0 Å². The second kappa shape index (κ2) is 32.0. The van der Waals surface area contributed by atoms with E-state index >= 15 is 0 Å². The summed E-state index contributed by atoms with van der Waals surface area (Å²) in [5.74, 6) is 0. The predicted octanol–water partition coefficient (Wildman–Crippen LogP) is 112. The molecule has 0 aliphatic rings. The van der Waals surface area contributed by atoms with E-state index in [1.54, 1.807) is 53.3 Å². The van der Waals surface area contributed by atoms with E-state index in [1.807, 2.05) is 0 Å². The molecular weight excluding hydrogens is 318 g/mol. The van der Waals surface area contributed by atoms with Crippen LogP contribution >= 0.6 is 45.2 Å². The number of hydrogen-bond acceptors (Lipinski definition) is 2. The molecule has 0 saturated heterocycles. The SMILES string of the molecule is C.N#CI.N#CI.[HH].[HH].[HH].[HH].[HH].[HH].[HH].[HH].[HH].[HH].[HH].[HH].[HH].[HH].[HH].[HH].[HH].[HH].[HH].[HH].[HH].[HH].[HH].[HH].[HH].[HH].[HH].[HH].[HH].[HH].[HH].[HH].[HH].[HH].[HH].[HH].[HH].[HH].[HH].[HH].[HH].[HH].[HH].[HH].[HH].[HH].[HH].[HH].[HH].[HH].[HH].[HH].[HH].[HH].[HH].[HH].[HH].[HH].[HH].[HH].[HH].[HH].[HH].[HH].[HH].[HH].[HH].[HH].[HH].[HH].[HH].[HH].[HH].[HH].[HH].[HH].[HH].[HH].[HH].[HH].[HH].[HH].[HH].[HH].[HH].[HH].[HH].[HH].[HH].[HH].[HH].[HH].[HH].[HH].[HH].[HH].[HH].[HH].[HH].[HH].[HH].[HH].[HH].[HH].[HH].[HH].[HH].[HH].[HH].[HH].[HH].[HH].[HH].[HH].[HH].[HH].[HH].[HH].[HH].[HH].[HH].[HH].[HH].[HH].[HH].[HH].[HH].[HH].[HH].[HH].[HH].[HH].[HH].[HH].[HH].[HH].[HH].[HH].[HH].[HH].[HH].[HH].[HH].[HH].[HH].[HH].[HH].[HH].[HH].[HH].[HH].[HH].[HH].[HH].[HH].[HH].[HH].[HH].[HH].[HH].[HH].[HH].[HH].[HH].[HH].[HH].[HH].[HH].[HH].[HH].[HH].[HH].[HH].[HH].[HH].[HH].[HH].[HH].[HH].[HH].[HH].[HH].[HH].[HH].[HH].[HH].[HH].[HH].[HH].[HH].[HH].[HH].[HH].[HH].[HH].[HH].[HH].[HH].[HH].[HH].[HH].[HH].[HH].[HH].[HH].[HH].[HH].[HH].[HH].[HH].[HH].[HH].[HH].[HH].[HH].[HH].[HH].[HH].[HH].[HH].[HH].[HH].[HH].[HH].[HH].[HH].[HH].[HH].[HH].[HH].[HH].[HH].[HH].[HH].[HH].[HH].[HH].[HH].[HH].[HH].[HH].[HH].[HH].[HH].[HH].[HH].[HH].[HH].[HH].[HH].[HH].[HH].[HH].[HH].[HH].[HH].[HH].[HH].[HH].[HH].[HH].[HH].[HH].[HH].[HH].[HH].[HH].[HH].[HH].[HH].[HH].[HH].[HH].[HH].[HH].[HH].[HH].[HH].[HH].[HH].[HH].[HH].[HH].[HH].[HH].[HH].[HH].[HH].[HH].[HH].[HH].[HH].[HH].[HH].[HH].[HH].[HH].[HH].[HH].[HH].[HH].[HH].[HH].[HH].[HH].[HH].[HH].[HH].[HH].[HH].[HH].[HH].[HH].[HH].[HH].[HH].[HH].[HH].[HH].[HH].[HH].[HH].[HH].[HH].[HH].[HH].[HH].[HH].[HH].[HH].[HH].[HH].[HH].[HH].[HH].[HH].[HH].[HH].[HH].[HH].[HH].[HH].[HH].[HH].[HH].[HH].[HH].[HH].[HH].[HH].[HH].[HH].[HH].[HH].[HH].[HH].[HH].[HH].[HH].[HH].[HH].[HH].[HH].[HH].[HH].[HH].[HH].[HH].[HH].[HH].[HH].[HH].[HH].[HH].[HH].[HH].[HH].[HH].[HH].[HH].[HH].[HH].[HH].[HH].[HH].[HH].[HH].[HH].[HH].[HH].[HH].[HH].[HH].[HH].[HH].[HH].[HH].[HH].[HH].[HH].[HH].[HH].[HH].[HH].[HH].[HH].[HH].[HH].[HH].[HH].[HH].[HH].[HH].[HH].[HH].[HH].[HH].[HH].[HH].[HH].[HH].[HH].[HH].[HH].[HH].[HH].[HH].[HH].[HH].[HH].[HH].[HH].[HH].[HH].[HH].[HH].[HH].[HH].[HH].[HH].[HH].[HH].[HH].[HH].[HH]. The summed E-state index contributed by atoms with van der Waals surface area (Å²) in [5, 5.41) is 14.6. The average molecular weight is 1220 g/mol. The molecule has 0 spiro atoms. The molecular formula is C3H894I2N2. The van der Waals surface area contributed by atoms with Crippen molar-refractivity contribution in [2.75, 3.05) is 0 Å². The first-order valence-corrected chi connectivity index (χ1v) is 2.98. The van der Waals surface area contributed by atoms with Gasteiger partial charge < -0.3 is 0 Å². The van der Waals surface area contributed by atoms with Crippen molar-refractivity contribution in [3.63, 3.8) is 0 Å².